The molecule has 1 nitrogen and oxygen atoms in total. The van der Waals surface area contributed by atoms with Gasteiger partial charge in [0, 0.05) is 0 Å². The summed E-state index contributed by atoms with van der Waals surface area (Å²) in [6, 6.07) is 12.7. The number of hydrogen-bond acceptors (Lipinski definition) is 1. The lowest BCUT2D eigenvalue weighted by molar-refractivity contribution is 0.465. The number of unbranched alkanes of at least 4 members (excludes halogenated alkanes) is 1. The third-order valence-corrected chi connectivity index (χ3v) is 3.10. The monoisotopic (exact) mass is 231 g/mol. The summed E-state index contributed by atoms with van der Waals surface area (Å²) in [4.78, 5) is 0. The van der Waals surface area contributed by atoms with Gasteiger partial charge < -0.3 is 0 Å². The summed E-state index contributed by atoms with van der Waals surface area (Å²) in [5.41, 5.74) is 0.903. The van der Waals surface area contributed by atoms with Gasteiger partial charge in [0.2, 0.25) is 0 Å². The molecule has 0 bridgehead atoms. The van der Waals surface area contributed by atoms with Gasteiger partial charge in [0.25, 0.3) is 0 Å². The first-order valence-corrected chi connectivity index (χ1v) is 6.76. The highest BCUT2D eigenvalue weighted by molar-refractivity contribution is 5.31. The van der Waals surface area contributed by atoms with Crippen molar-refractivity contribution in [3.8, 4) is 6.07 Å². The van der Waals surface area contributed by atoms with Gasteiger partial charge in [-0.3, -0.25) is 0 Å². The van der Waals surface area contributed by atoms with Crippen molar-refractivity contribution in [3.05, 3.63) is 35.9 Å². The Morgan fingerprint density at radius 3 is 2.12 bits per heavy atom. The van der Waals surface area contributed by atoms with Gasteiger partial charge in [-0.25, -0.2) is 0 Å². The Labute approximate surface area is 106 Å². The summed E-state index contributed by atoms with van der Waals surface area (Å²) < 4.78 is 0. The predicted molar refractivity (Wildman–Crippen MR) is 74.9 cm³/mol. The molecule has 0 amide bonds. The minimum Gasteiger partial charge on any atom is -0.197 e. The van der Waals surface area contributed by atoms with Gasteiger partial charge in [0.1, 0.15) is 0 Å². The van der Waals surface area contributed by atoms with Gasteiger partial charge in [-0.05, 0) is 18.4 Å². The van der Waals surface area contributed by atoms with E-state index in [9.17, 15) is 5.26 Å². The summed E-state index contributed by atoms with van der Waals surface area (Å²) in [7, 11) is 0. The van der Waals surface area contributed by atoms with Crippen LogP contribution < -0.4 is 0 Å². The van der Waals surface area contributed by atoms with Crippen molar-refractivity contribution < 1.29 is 0 Å². The highest BCUT2D eigenvalue weighted by Gasteiger charge is 2.29. The van der Waals surface area contributed by atoms with E-state index in [1.807, 2.05) is 32.0 Å². The van der Waals surface area contributed by atoms with E-state index in [-0.39, 0.29) is 5.41 Å². The number of nitrogens with zero attached hydrogens (tertiary/aromatic N) is 1. The molecule has 0 fully saturated rings. The Bertz CT molecular complexity index is 323. The Kier molecular flexibility index (Phi) is 8.15. The number of nitriles is 1. The number of rotatable bonds is 5. The lowest BCUT2D eigenvalue weighted by atomic mass is 9.75. The fraction of sp³-hybridized carbons (Fsp3) is 0.562. The topological polar surface area (TPSA) is 23.8 Å². The summed E-state index contributed by atoms with van der Waals surface area (Å²) in [6.45, 7) is 8.27. The second kappa shape index (κ2) is 8.82. The molecule has 0 heterocycles. The van der Waals surface area contributed by atoms with Crippen LogP contribution in [0.15, 0.2) is 30.3 Å². The van der Waals surface area contributed by atoms with Crippen LogP contribution in [0.5, 0.6) is 0 Å². The van der Waals surface area contributed by atoms with Crippen molar-refractivity contribution in [3.63, 3.8) is 0 Å². The molecule has 0 aromatic heterocycles. The molecule has 1 rings (SSSR count). The van der Waals surface area contributed by atoms with Gasteiger partial charge in [0.05, 0.1) is 11.5 Å². The van der Waals surface area contributed by atoms with Crippen molar-refractivity contribution in [1.82, 2.24) is 0 Å². The highest BCUT2D eigenvalue weighted by Crippen LogP contribution is 2.32. The standard InChI is InChI=1S/C14H19N.C2H6/c1-3-5-11-14(4-2,12-15)13-9-7-6-8-10-13;1-2/h6-10H,3-5,11H2,1-2H3;1-2H3. The third-order valence-electron chi connectivity index (χ3n) is 3.10. The van der Waals surface area contributed by atoms with Crippen LogP contribution in [0.1, 0.15) is 58.9 Å². The first-order valence-electron chi connectivity index (χ1n) is 6.76. The maximum absolute atomic E-state index is 9.41. The Hall–Kier alpha value is -1.29. The Morgan fingerprint density at radius 1 is 1.12 bits per heavy atom. The normalized spacial score (nSPS) is 12.9. The molecule has 1 aromatic rings. The van der Waals surface area contributed by atoms with Crippen LogP contribution in [-0.4, -0.2) is 0 Å². The molecule has 1 unspecified atom stereocenters. The van der Waals surface area contributed by atoms with Crippen molar-refractivity contribution >= 4 is 0 Å². The second-order valence-corrected chi connectivity index (χ2v) is 4.02. The van der Waals surface area contributed by atoms with E-state index in [2.05, 4.69) is 32.0 Å². The average molecular weight is 231 g/mol. The molecular formula is C16H25N. The molecule has 0 aliphatic rings. The largest absolute Gasteiger partial charge is 0.197 e. The zero-order valence-electron chi connectivity index (χ0n) is 11.7. The molecule has 0 N–H and O–H groups in total. The van der Waals surface area contributed by atoms with Crippen LogP contribution in [-0.2, 0) is 5.41 Å². The lowest BCUT2D eigenvalue weighted by Gasteiger charge is -2.25. The van der Waals surface area contributed by atoms with E-state index >= 15 is 0 Å². The first-order chi connectivity index (χ1) is 8.29. The van der Waals surface area contributed by atoms with Crippen LogP contribution >= 0.6 is 0 Å². The first kappa shape index (κ1) is 15.7. The SMILES string of the molecule is CC.CCCCC(C#N)(CC)c1ccccc1. The van der Waals surface area contributed by atoms with Gasteiger partial charge in [0.15, 0.2) is 0 Å². The average Bonchev–Trinajstić information content (AvgIpc) is 2.44. The molecule has 1 heteroatoms. The van der Waals surface area contributed by atoms with Gasteiger partial charge in [-0.15, -0.1) is 0 Å². The van der Waals surface area contributed by atoms with Crippen molar-refractivity contribution in [2.24, 2.45) is 0 Å². The maximum atomic E-state index is 9.41. The molecule has 1 atom stereocenters. The predicted octanol–water partition coefficient (Wildman–Crippen LogP) is 5.07. The molecule has 94 valence electrons. The minimum absolute atomic E-state index is 0.267. The van der Waals surface area contributed by atoms with Crippen molar-refractivity contribution in [2.75, 3.05) is 0 Å². The van der Waals surface area contributed by atoms with Crippen molar-refractivity contribution in [2.45, 2.75) is 58.8 Å². The molecule has 1 aromatic carbocycles. The van der Waals surface area contributed by atoms with Gasteiger partial charge >= 0.3 is 0 Å². The highest BCUT2D eigenvalue weighted by atomic mass is 14.4. The van der Waals surface area contributed by atoms with Crippen LogP contribution in [0.3, 0.4) is 0 Å². The summed E-state index contributed by atoms with van der Waals surface area (Å²) >= 11 is 0. The molecule has 0 aliphatic heterocycles. The third kappa shape index (κ3) is 4.23. The zero-order valence-corrected chi connectivity index (χ0v) is 11.7. The Morgan fingerprint density at radius 2 is 1.71 bits per heavy atom. The maximum Gasteiger partial charge on any atom is 0.0819 e. The summed E-state index contributed by atoms with van der Waals surface area (Å²) in [5.74, 6) is 0. The van der Waals surface area contributed by atoms with E-state index in [0.29, 0.717) is 0 Å². The van der Waals surface area contributed by atoms with Gasteiger partial charge in [-0.1, -0.05) is 70.9 Å². The smallest absolute Gasteiger partial charge is 0.0819 e. The summed E-state index contributed by atoms with van der Waals surface area (Å²) in [5, 5.41) is 9.41. The molecular weight excluding hydrogens is 206 g/mol. The summed E-state index contributed by atoms with van der Waals surface area (Å²) in [6.07, 6.45) is 4.14. The Balaban J connectivity index is 0.00000121. The van der Waals surface area contributed by atoms with Crippen LogP contribution in [0.25, 0.3) is 0 Å². The molecule has 0 aliphatic carbocycles. The van der Waals surface area contributed by atoms with E-state index in [0.717, 1.165) is 25.7 Å². The van der Waals surface area contributed by atoms with Crippen LogP contribution in [0.2, 0.25) is 0 Å². The van der Waals surface area contributed by atoms with Crippen LogP contribution in [0, 0.1) is 11.3 Å². The van der Waals surface area contributed by atoms with E-state index in [4.69, 9.17) is 0 Å². The number of benzene rings is 1. The quantitative estimate of drug-likeness (QED) is 0.693. The second-order valence-electron chi connectivity index (χ2n) is 4.02. The lowest BCUT2D eigenvalue weighted by Crippen LogP contribution is -2.22. The molecule has 0 spiro atoms. The van der Waals surface area contributed by atoms with E-state index < -0.39 is 0 Å². The molecule has 0 saturated carbocycles. The van der Waals surface area contributed by atoms with Crippen LogP contribution in [0.4, 0.5) is 0 Å². The minimum atomic E-state index is -0.267. The fourth-order valence-electron chi connectivity index (χ4n) is 1.96. The zero-order chi connectivity index (χ0) is 13.1. The molecule has 17 heavy (non-hydrogen) atoms. The molecule has 0 radical (unpaired) electrons. The van der Waals surface area contributed by atoms with Gasteiger partial charge in [-0.2, -0.15) is 5.26 Å². The van der Waals surface area contributed by atoms with Crippen molar-refractivity contribution in [1.29, 1.82) is 5.26 Å². The van der Waals surface area contributed by atoms with E-state index in [1.54, 1.807) is 0 Å². The van der Waals surface area contributed by atoms with E-state index in [1.165, 1.54) is 5.56 Å². The fourth-order valence-corrected chi connectivity index (χ4v) is 1.96. The molecule has 0 saturated heterocycles. The number of hydrogen-bond donors (Lipinski definition) is 0.